The Hall–Kier alpha value is -2.97. The van der Waals surface area contributed by atoms with Crippen molar-refractivity contribution in [3.05, 3.63) is 69.3 Å². The summed E-state index contributed by atoms with van der Waals surface area (Å²) >= 11 is 0. The van der Waals surface area contributed by atoms with Crippen LogP contribution in [0.25, 0.3) is 5.57 Å². The number of nitrogens with zero attached hydrogens (tertiary/aromatic N) is 2. The van der Waals surface area contributed by atoms with E-state index in [-0.39, 0.29) is 16.9 Å². The molecule has 2 unspecified atom stereocenters. The predicted octanol–water partition coefficient (Wildman–Crippen LogP) is 6.32. The Balaban J connectivity index is 1.95. The van der Waals surface area contributed by atoms with Crippen LogP contribution in [0.5, 0.6) is 5.75 Å². The summed E-state index contributed by atoms with van der Waals surface area (Å²) in [6.45, 7) is 15.6. The molecule has 2 aliphatic heterocycles. The maximum Gasteiger partial charge on any atom is 0.133 e. The van der Waals surface area contributed by atoms with Crippen molar-refractivity contribution < 1.29 is 14.6 Å². The quantitative estimate of drug-likeness (QED) is 0.556. The first-order valence-corrected chi connectivity index (χ1v) is 12.3. The lowest BCUT2D eigenvalue weighted by atomic mass is 9.76. The second-order valence-corrected chi connectivity index (χ2v) is 11.8. The molecule has 0 fully saturated rings. The van der Waals surface area contributed by atoms with Gasteiger partial charge in [-0.1, -0.05) is 41.5 Å². The highest BCUT2D eigenvalue weighted by atomic mass is 16.5. The molecule has 0 aromatic heterocycles. The smallest absolute Gasteiger partial charge is 0.133 e. The van der Waals surface area contributed by atoms with Gasteiger partial charge in [-0.05, 0) is 59.6 Å². The molecule has 0 saturated heterocycles. The van der Waals surface area contributed by atoms with Crippen LogP contribution in [-0.4, -0.2) is 36.9 Å². The van der Waals surface area contributed by atoms with Crippen LogP contribution in [0.3, 0.4) is 0 Å². The molecule has 0 radical (unpaired) electrons. The van der Waals surface area contributed by atoms with Crippen LogP contribution in [0.4, 0.5) is 0 Å². The minimum atomic E-state index is -0.410. The fourth-order valence-electron chi connectivity index (χ4n) is 5.57. The molecular weight excluding hydrogens is 436 g/mol. The van der Waals surface area contributed by atoms with Gasteiger partial charge in [0.1, 0.15) is 23.5 Å². The number of phenols is 1. The topological polar surface area (TPSA) is 65.7 Å². The van der Waals surface area contributed by atoms with Crippen molar-refractivity contribution in [1.29, 1.82) is 5.26 Å². The van der Waals surface area contributed by atoms with Gasteiger partial charge in [0.05, 0.1) is 13.2 Å². The highest BCUT2D eigenvalue weighted by Crippen LogP contribution is 2.51. The van der Waals surface area contributed by atoms with Crippen LogP contribution in [0.15, 0.2) is 52.6 Å². The molecule has 0 amide bonds. The minimum absolute atomic E-state index is 0.206. The summed E-state index contributed by atoms with van der Waals surface area (Å²) in [6.07, 6.45) is 4.84. The Morgan fingerprint density at radius 2 is 1.66 bits per heavy atom. The van der Waals surface area contributed by atoms with Crippen molar-refractivity contribution in [3.8, 4) is 11.8 Å². The fourth-order valence-corrected chi connectivity index (χ4v) is 5.57. The predicted molar refractivity (Wildman–Crippen MR) is 140 cm³/mol. The maximum absolute atomic E-state index is 11.2. The number of allylic oxidation sites excluding steroid dienone is 4. The number of ether oxygens (including phenoxy) is 2. The third kappa shape index (κ3) is 4.08. The summed E-state index contributed by atoms with van der Waals surface area (Å²) < 4.78 is 11.2. The maximum atomic E-state index is 11.2. The average Bonchev–Trinajstić information content (AvgIpc) is 3.08. The first kappa shape index (κ1) is 25.1. The number of methoxy groups -OCH3 is 2. The van der Waals surface area contributed by atoms with E-state index in [1.807, 2.05) is 6.08 Å². The zero-order valence-corrected chi connectivity index (χ0v) is 22.5. The number of rotatable bonds is 3. The van der Waals surface area contributed by atoms with Gasteiger partial charge < -0.3 is 19.5 Å². The molecule has 35 heavy (non-hydrogen) atoms. The van der Waals surface area contributed by atoms with Crippen LogP contribution in [-0.2, 0) is 20.3 Å². The van der Waals surface area contributed by atoms with Gasteiger partial charge in [0.25, 0.3) is 0 Å². The van der Waals surface area contributed by atoms with Crippen molar-refractivity contribution in [2.75, 3.05) is 20.8 Å². The van der Waals surface area contributed by atoms with Gasteiger partial charge in [-0.3, -0.25) is 0 Å². The van der Waals surface area contributed by atoms with Crippen molar-refractivity contribution in [3.63, 3.8) is 0 Å². The van der Waals surface area contributed by atoms with Crippen LogP contribution in [0, 0.1) is 17.2 Å². The SMILES string of the molecule is COC1=CC2=C3C(C#N)C(c4cc(C(C)(C)C)c(O)c(C(C)(C)C)c4)=C(C)N3CCC2=CC1OC. The molecule has 3 aliphatic rings. The highest BCUT2D eigenvalue weighted by molar-refractivity contribution is 5.81. The number of benzene rings is 1. The Morgan fingerprint density at radius 3 is 2.14 bits per heavy atom. The molecule has 1 aromatic carbocycles. The first-order chi connectivity index (χ1) is 16.3. The molecule has 2 atom stereocenters. The Kier molecular flexibility index (Phi) is 6.18. The van der Waals surface area contributed by atoms with E-state index in [1.165, 1.54) is 5.57 Å². The molecule has 5 heteroatoms. The van der Waals surface area contributed by atoms with E-state index >= 15 is 0 Å². The van der Waals surface area contributed by atoms with Crippen LogP contribution >= 0.6 is 0 Å². The molecule has 5 nitrogen and oxygen atoms in total. The van der Waals surface area contributed by atoms with Gasteiger partial charge in [0, 0.05) is 47.3 Å². The summed E-state index contributed by atoms with van der Waals surface area (Å²) in [5.41, 5.74) is 7.75. The monoisotopic (exact) mass is 474 g/mol. The van der Waals surface area contributed by atoms with Crippen molar-refractivity contribution >= 4 is 5.57 Å². The van der Waals surface area contributed by atoms with Crippen molar-refractivity contribution in [2.45, 2.75) is 71.8 Å². The average molecular weight is 475 g/mol. The van der Waals surface area contributed by atoms with Crippen LogP contribution in [0.1, 0.15) is 71.6 Å². The molecule has 2 heterocycles. The number of hydrogen-bond donors (Lipinski definition) is 1. The van der Waals surface area contributed by atoms with E-state index in [0.717, 1.165) is 58.0 Å². The molecule has 0 spiro atoms. The minimum Gasteiger partial charge on any atom is -0.507 e. The third-order valence-corrected chi connectivity index (χ3v) is 7.45. The van der Waals surface area contributed by atoms with Gasteiger partial charge in [0.15, 0.2) is 0 Å². The molecule has 0 bridgehead atoms. The number of hydrogen-bond acceptors (Lipinski definition) is 5. The number of nitriles is 1. The number of fused-ring (bicyclic) bond motifs is 2. The van der Waals surface area contributed by atoms with Crippen molar-refractivity contribution in [2.24, 2.45) is 5.92 Å². The van der Waals surface area contributed by atoms with E-state index < -0.39 is 5.92 Å². The molecule has 1 aromatic rings. The van der Waals surface area contributed by atoms with E-state index in [9.17, 15) is 10.4 Å². The first-order valence-electron chi connectivity index (χ1n) is 12.3. The summed E-state index contributed by atoms with van der Waals surface area (Å²) in [6, 6.07) is 6.80. The normalized spacial score (nSPS) is 22.5. The van der Waals surface area contributed by atoms with E-state index in [2.05, 4.69) is 77.6 Å². The molecule has 1 N–H and O–H groups in total. The summed E-state index contributed by atoms with van der Waals surface area (Å²) in [5.74, 6) is 0.694. The van der Waals surface area contributed by atoms with Crippen LogP contribution < -0.4 is 0 Å². The summed E-state index contributed by atoms with van der Waals surface area (Å²) in [7, 11) is 3.34. The molecule has 4 rings (SSSR count). The standard InChI is InChI=1S/C30H38N2O3/c1-17-26(19-12-22(29(2,3)4)28(33)23(13-19)30(5,6)7)21(16-31)27-20-15-25(35-9)24(34-8)14-18(20)10-11-32(17)27/h12-15,21,24,33H,10-11H2,1-9H3. The van der Waals surface area contributed by atoms with Gasteiger partial charge in [0.2, 0.25) is 0 Å². The Labute approximate surface area is 210 Å². The van der Waals surface area contributed by atoms with E-state index in [1.54, 1.807) is 14.2 Å². The zero-order chi connectivity index (χ0) is 25.9. The largest absolute Gasteiger partial charge is 0.507 e. The van der Waals surface area contributed by atoms with Crippen molar-refractivity contribution in [1.82, 2.24) is 4.90 Å². The van der Waals surface area contributed by atoms with Gasteiger partial charge in [-0.25, -0.2) is 0 Å². The van der Waals surface area contributed by atoms with E-state index in [0.29, 0.717) is 5.75 Å². The fraction of sp³-hybridized carbons (Fsp3) is 0.500. The Morgan fingerprint density at radius 1 is 1.06 bits per heavy atom. The lowest BCUT2D eigenvalue weighted by Gasteiger charge is -2.34. The number of aromatic hydroxyl groups is 1. The van der Waals surface area contributed by atoms with Gasteiger partial charge in [-0.2, -0.15) is 5.26 Å². The second-order valence-electron chi connectivity index (χ2n) is 11.8. The molecule has 1 aliphatic carbocycles. The summed E-state index contributed by atoms with van der Waals surface area (Å²) in [4.78, 5) is 2.30. The highest BCUT2D eigenvalue weighted by Gasteiger charge is 2.41. The van der Waals surface area contributed by atoms with Gasteiger partial charge >= 0.3 is 0 Å². The zero-order valence-electron chi connectivity index (χ0n) is 22.5. The van der Waals surface area contributed by atoms with Crippen LogP contribution in [0.2, 0.25) is 0 Å². The lowest BCUT2D eigenvalue weighted by Crippen LogP contribution is -2.29. The molecular formula is C30H38N2O3. The van der Waals surface area contributed by atoms with Gasteiger partial charge in [-0.15, -0.1) is 0 Å². The third-order valence-electron chi connectivity index (χ3n) is 7.45. The Bertz CT molecular complexity index is 1190. The second kappa shape index (κ2) is 8.60. The lowest BCUT2D eigenvalue weighted by molar-refractivity contribution is 0.108. The molecule has 0 saturated carbocycles. The summed E-state index contributed by atoms with van der Waals surface area (Å²) in [5, 5.41) is 21.7. The number of phenolic OH excluding ortho intramolecular Hbond substituents is 1. The molecule has 186 valence electrons. The van der Waals surface area contributed by atoms with E-state index in [4.69, 9.17) is 9.47 Å².